The van der Waals surface area contributed by atoms with Gasteiger partial charge in [0.25, 0.3) is 5.91 Å². The van der Waals surface area contributed by atoms with Gasteiger partial charge in [-0.15, -0.1) is 10.2 Å². The number of rotatable bonds is 9. The number of aromatic nitrogens is 4. The number of ether oxygens (including phenoxy) is 2. The number of hydrazone groups is 1. The standard InChI is InChI=1S/C25H21BrN6O4S/c1-16(33)36-21-8-3-17(13-22(21)35-2)14-28-29-23(34)15-37-25-31-30-24(18-9-11-27-12-10-18)32(25)20-6-4-19(26)5-7-20/h3-14H,15H2,1-2H3,(H,29,34)/b28-14+. The summed E-state index contributed by atoms with van der Waals surface area (Å²) < 4.78 is 13.2. The van der Waals surface area contributed by atoms with Crippen LogP contribution in [0.25, 0.3) is 17.1 Å². The van der Waals surface area contributed by atoms with E-state index in [1.165, 1.54) is 32.0 Å². The van der Waals surface area contributed by atoms with Crippen LogP contribution in [0.2, 0.25) is 0 Å². The second kappa shape index (κ2) is 12.3. The van der Waals surface area contributed by atoms with Gasteiger partial charge in [0.2, 0.25) is 0 Å². The summed E-state index contributed by atoms with van der Waals surface area (Å²) in [6.45, 7) is 1.31. The van der Waals surface area contributed by atoms with Gasteiger partial charge in [-0.2, -0.15) is 5.10 Å². The summed E-state index contributed by atoms with van der Waals surface area (Å²) >= 11 is 4.69. The number of pyridine rings is 1. The van der Waals surface area contributed by atoms with Crippen molar-refractivity contribution in [1.82, 2.24) is 25.2 Å². The van der Waals surface area contributed by atoms with E-state index in [4.69, 9.17) is 9.47 Å². The molecule has 0 atom stereocenters. The minimum Gasteiger partial charge on any atom is -0.493 e. The van der Waals surface area contributed by atoms with Crippen molar-refractivity contribution in [2.24, 2.45) is 5.10 Å². The molecule has 4 aromatic rings. The number of amides is 1. The van der Waals surface area contributed by atoms with Crippen molar-refractivity contribution in [2.45, 2.75) is 12.1 Å². The Hall–Kier alpha value is -4.03. The molecule has 2 heterocycles. The lowest BCUT2D eigenvalue weighted by Crippen LogP contribution is -2.20. The fourth-order valence-electron chi connectivity index (χ4n) is 3.22. The van der Waals surface area contributed by atoms with Crippen molar-refractivity contribution in [1.29, 1.82) is 0 Å². The van der Waals surface area contributed by atoms with Crippen molar-refractivity contribution < 1.29 is 19.1 Å². The van der Waals surface area contributed by atoms with E-state index < -0.39 is 5.97 Å². The molecule has 4 rings (SSSR count). The van der Waals surface area contributed by atoms with E-state index in [0.29, 0.717) is 28.0 Å². The average molecular weight is 581 g/mol. The minimum atomic E-state index is -0.451. The zero-order valence-electron chi connectivity index (χ0n) is 19.8. The van der Waals surface area contributed by atoms with Crippen LogP contribution in [0.5, 0.6) is 11.5 Å². The Balaban J connectivity index is 1.45. The van der Waals surface area contributed by atoms with Crippen molar-refractivity contribution in [2.75, 3.05) is 12.9 Å². The largest absolute Gasteiger partial charge is 0.493 e. The Labute approximate surface area is 225 Å². The van der Waals surface area contributed by atoms with Crippen LogP contribution in [-0.2, 0) is 9.59 Å². The number of nitrogens with one attached hydrogen (secondary N) is 1. The third-order valence-corrected chi connectivity index (χ3v) is 6.29. The number of carbonyl (C=O) groups excluding carboxylic acids is 2. The van der Waals surface area contributed by atoms with Crippen LogP contribution in [0.1, 0.15) is 12.5 Å². The lowest BCUT2D eigenvalue weighted by molar-refractivity contribution is -0.132. The van der Waals surface area contributed by atoms with Crippen LogP contribution >= 0.6 is 27.7 Å². The highest BCUT2D eigenvalue weighted by molar-refractivity contribution is 9.10. The predicted molar refractivity (Wildman–Crippen MR) is 143 cm³/mol. The maximum Gasteiger partial charge on any atom is 0.308 e. The average Bonchev–Trinajstić information content (AvgIpc) is 3.33. The molecule has 2 aromatic carbocycles. The van der Waals surface area contributed by atoms with E-state index in [1.807, 2.05) is 41.0 Å². The van der Waals surface area contributed by atoms with Gasteiger partial charge in [0.05, 0.1) is 19.1 Å². The van der Waals surface area contributed by atoms with Crippen LogP contribution < -0.4 is 14.9 Å². The van der Waals surface area contributed by atoms with E-state index in [2.05, 4.69) is 41.6 Å². The molecule has 2 aromatic heterocycles. The van der Waals surface area contributed by atoms with Gasteiger partial charge in [-0.3, -0.25) is 19.1 Å². The summed E-state index contributed by atoms with van der Waals surface area (Å²) in [7, 11) is 1.47. The van der Waals surface area contributed by atoms with E-state index >= 15 is 0 Å². The van der Waals surface area contributed by atoms with Crippen LogP contribution in [0, 0.1) is 0 Å². The molecular formula is C25H21BrN6O4S. The number of methoxy groups -OCH3 is 1. The highest BCUT2D eigenvalue weighted by Gasteiger charge is 2.17. The third-order valence-electron chi connectivity index (χ3n) is 4.83. The smallest absolute Gasteiger partial charge is 0.308 e. The van der Waals surface area contributed by atoms with Crippen molar-refractivity contribution in [3.63, 3.8) is 0 Å². The van der Waals surface area contributed by atoms with Gasteiger partial charge < -0.3 is 9.47 Å². The van der Waals surface area contributed by atoms with Gasteiger partial charge in [-0.1, -0.05) is 27.7 Å². The first-order valence-electron chi connectivity index (χ1n) is 10.9. The van der Waals surface area contributed by atoms with Crippen molar-refractivity contribution in [3.05, 3.63) is 77.0 Å². The zero-order chi connectivity index (χ0) is 26.2. The molecule has 0 bridgehead atoms. The van der Waals surface area contributed by atoms with E-state index in [0.717, 1.165) is 15.7 Å². The number of thioether (sulfide) groups is 1. The molecule has 0 unspecified atom stereocenters. The van der Waals surface area contributed by atoms with Crippen LogP contribution in [0.15, 0.2) is 81.7 Å². The molecule has 0 aliphatic carbocycles. The molecule has 0 fully saturated rings. The monoisotopic (exact) mass is 580 g/mol. The van der Waals surface area contributed by atoms with Crippen LogP contribution in [0.4, 0.5) is 0 Å². The van der Waals surface area contributed by atoms with Crippen molar-refractivity contribution >= 4 is 45.8 Å². The Morgan fingerprint density at radius 1 is 1.08 bits per heavy atom. The summed E-state index contributed by atoms with van der Waals surface area (Å²) in [4.78, 5) is 27.7. The third kappa shape index (κ3) is 6.80. The highest BCUT2D eigenvalue weighted by atomic mass is 79.9. The first-order valence-corrected chi connectivity index (χ1v) is 12.7. The molecule has 1 N–H and O–H groups in total. The molecule has 12 heteroatoms. The molecule has 1 amide bonds. The van der Waals surface area contributed by atoms with Gasteiger partial charge in [-0.25, -0.2) is 5.43 Å². The molecule has 0 aliphatic heterocycles. The number of nitrogens with zero attached hydrogens (tertiary/aromatic N) is 5. The SMILES string of the molecule is COc1cc(/C=N/NC(=O)CSc2nnc(-c3ccncc3)n2-c2ccc(Br)cc2)ccc1OC(C)=O. The number of carbonyl (C=O) groups is 2. The van der Waals surface area contributed by atoms with Crippen molar-refractivity contribution in [3.8, 4) is 28.6 Å². The van der Waals surface area contributed by atoms with Crippen LogP contribution in [-0.4, -0.2) is 50.7 Å². The lowest BCUT2D eigenvalue weighted by atomic mass is 10.2. The Morgan fingerprint density at radius 3 is 2.54 bits per heavy atom. The number of hydrogen-bond acceptors (Lipinski definition) is 9. The maximum atomic E-state index is 12.5. The van der Waals surface area contributed by atoms with Gasteiger partial charge in [-0.05, 0) is 60.2 Å². The van der Waals surface area contributed by atoms with Gasteiger partial charge >= 0.3 is 5.97 Å². The van der Waals surface area contributed by atoms with E-state index in [9.17, 15) is 9.59 Å². The Bertz CT molecular complexity index is 1430. The molecule has 0 saturated carbocycles. The Kier molecular flexibility index (Phi) is 8.64. The predicted octanol–water partition coefficient (Wildman–Crippen LogP) is 4.27. The summed E-state index contributed by atoms with van der Waals surface area (Å²) in [5.74, 6) is 0.606. The fourth-order valence-corrected chi connectivity index (χ4v) is 4.23. The van der Waals surface area contributed by atoms with E-state index in [-0.39, 0.29) is 11.7 Å². The number of hydrogen-bond donors (Lipinski definition) is 1. The molecule has 188 valence electrons. The lowest BCUT2D eigenvalue weighted by Gasteiger charge is -2.10. The van der Waals surface area contributed by atoms with E-state index in [1.54, 1.807) is 30.6 Å². The highest BCUT2D eigenvalue weighted by Crippen LogP contribution is 2.29. The second-order valence-electron chi connectivity index (χ2n) is 7.44. The quantitative estimate of drug-likeness (QED) is 0.102. The number of esters is 1. The summed E-state index contributed by atoms with van der Waals surface area (Å²) in [5.41, 5.74) is 4.86. The minimum absolute atomic E-state index is 0.0665. The topological polar surface area (TPSA) is 121 Å². The van der Waals surface area contributed by atoms with Crippen LogP contribution in [0.3, 0.4) is 0 Å². The number of halogens is 1. The molecule has 0 radical (unpaired) electrons. The Morgan fingerprint density at radius 2 is 1.84 bits per heavy atom. The maximum absolute atomic E-state index is 12.5. The first kappa shape index (κ1) is 26.0. The zero-order valence-corrected chi connectivity index (χ0v) is 22.2. The van der Waals surface area contributed by atoms with Gasteiger partial charge in [0, 0.05) is 35.0 Å². The molecule has 0 saturated heterocycles. The molecule has 0 aliphatic rings. The summed E-state index contributed by atoms with van der Waals surface area (Å²) in [6, 6.07) is 16.4. The molecule has 10 nitrogen and oxygen atoms in total. The summed E-state index contributed by atoms with van der Waals surface area (Å²) in [5, 5.41) is 13.2. The first-order chi connectivity index (χ1) is 17.9. The van der Waals surface area contributed by atoms with Gasteiger partial charge in [0.15, 0.2) is 22.5 Å². The van der Waals surface area contributed by atoms with Gasteiger partial charge in [0.1, 0.15) is 0 Å². The molecular weight excluding hydrogens is 560 g/mol. The fraction of sp³-hybridized carbons (Fsp3) is 0.120. The number of benzene rings is 2. The second-order valence-corrected chi connectivity index (χ2v) is 9.30. The normalized spacial score (nSPS) is 10.9. The molecule has 0 spiro atoms. The summed E-state index contributed by atoms with van der Waals surface area (Å²) in [6.07, 6.45) is 4.84. The molecule has 37 heavy (non-hydrogen) atoms.